The molecule has 0 aromatic carbocycles. The highest BCUT2D eigenvalue weighted by molar-refractivity contribution is 5.57. The van der Waals surface area contributed by atoms with Gasteiger partial charge in [-0.25, -0.2) is 4.98 Å². The number of methoxy groups -OCH3 is 1. The molecule has 3 aliphatic rings. The van der Waals surface area contributed by atoms with E-state index in [-0.39, 0.29) is 5.92 Å². The van der Waals surface area contributed by atoms with E-state index in [1.165, 1.54) is 4.90 Å². The van der Waals surface area contributed by atoms with Crippen molar-refractivity contribution in [1.29, 1.82) is 0 Å². The van der Waals surface area contributed by atoms with Gasteiger partial charge in [-0.05, 0) is 75.1 Å². The van der Waals surface area contributed by atoms with Crippen molar-refractivity contribution in [3.63, 3.8) is 0 Å². The molecule has 0 atom stereocenters. The Morgan fingerprint density at radius 2 is 1.88 bits per heavy atom. The van der Waals surface area contributed by atoms with Gasteiger partial charge in [-0.3, -0.25) is 4.90 Å². The molecule has 4 heterocycles. The van der Waals surface area contributed by atoms with Crippen LogP contribution in [0.4, 0.5) is 18.9 Å². The van der Waals surface area contributed by atoms with E-state index in [1.54, 1.807) is 7.11 Å². The fourth-order valence-corrected chi connectivity index (χ4v) is 4.97. The normalized spacial score (nSPS) is 21.5. The summed E-state index contributed by atoms with van der Waals surface area (Å²) in [5, 5.41) is 0. The van der Waals surface area contributed by atoms with Gasteiger partial charge in [-0.15, -0.1) is 0 Å². The molecule has 1 aromatic heterocycles. The Morgan fingerprint density at radius 1 is 1.12 bits per heavy atom. The van der Waals surface area contributed by atoms with E-state index in [0.717, 1.165) is 56.6 Å². The maximum atomic E-state index is 12.8. The van der Waals surface area contributed by atoms with E-state index in [4.69, 9.17) is 14.2 Å². The molecule has 0 bridgehead atoms. The number of hydrogen-bond acceptors (Lipinski definition) is 6. The highest BCUT2D eigenvalue weighted by Crippen LogP contribution is 2.38. The molecule has 0 amide bonds. The van der Waals surface area contributed by atoms with E-state index >= 15 is 0 Å². The monoisotopic (exact) mass is 469 g/mol. The molecule has 1 aromatic rings. The first kappa shape index (κ1) is 24.0. The molecule has 0 N–H and O–H groups in total. The molecule has 0 radical (unpaired) electrons. The smallest absolute Gasteiger partial charge is 0.401 e. The van der Waals surface area contributed by atoms with Crippen LogP contribution >= 0.6 is 0 Å². The largest absolute Gasteiger partial charge is 0.481 e. The minimum atomic E-state index is -4.15. The van der Waals surface area contributed by atoms with E-state index < -0.39 is 12.7 Å². The number of aromatic nitrogens is 1. The van der Waals surface area contributed by atoms with Gasteiger partial charge in [0.1, 0.15) is 0 Å². The molecule has 2 saturated heterocycles. The van der Waals surface area contributed by atoms with Gasteiger partial charge in [-0.1, -0.05) is 0 Å². The Labute approximate surface area is 193 Å². The predicted molar refractivity (Wildman–Crippen MR) is 119 cm³/mol. The highest BCUT2D eigenvalue weighted by atomic mass is 19.4. The summed E-state index contributed by atoms with van der Waals surface area (Å²) in [6.07, 6.45) is 5.23. The summed E-state index contributed by atoms with van der Waals surface area (Å²) in [5.74, 6) is 1.92. The van der Waals surface area contributed by atoms with Crippen LogP contribution in [0.3, 0.4) is 0 Å². The lowest BCUT2D eigenvalue weighted by atomic mass is 9.88. The Balaban J connectivity index is 1.36. The number of allylic oxidation sites excluding steroid dienone is 1. The number of anilines is 1. The molecule has 0 spiro atoms. The molecule has 2 fully saturated rings. The second-order valence-corrected chi connectivity index (χ2v) is 9.21. The number of rotatable bonds is 7. The molecule has 0 saturated carbocycles. The summed E-state index contributed by atoms with van der Waals surface area (Å²) in [6, 6.07) is 1.98. The van der Waals surface area contributed by atoms with E-state index in [1.807, 2.05) is 18.3 Å². The minimum absolute atomic E-state index is 0.208. The van der Waals surface area contributed by atoms with Crippen LogP contribution in [-0.4, -0.2) is 69.1 Å². The van der Waals surface area contributed by atoms with Crippen LogP contribution in [0.5, 0.6) is 5.88 Å². The van der Waals surface area contributed by atoms with Crippen LogP contribution in [-0.2, 0) is 9.47 Å². The van der Waals surface area contributed by atoms with Gasteiger partial charge in [-0.2, -0.15) is 13.2 Å². The van der Waals surface area contributed by atoms with Gasteiger partial charge >= 0.3 is 6.18 Å². The maximum absolute atomic E-state index is 12.8. The van der Waals surface area contributed by atoms with Crippen LogP contribution in [0.15, 0.2) is 24.3 Å². The fraction of sp³-hybridized carbons (Fsp3) is 0.708. The standard InChI is InChI=1S/C24H34F3N3O3/c1-31-22-14-21(20(15-28-22)19-7-9-29(10-8-19)17-24(25,26)27)30-11-5-18(6-12-30)16-33-23-4-2-3-13-32-23/h4,14-15,18-19H,2-3,5-13,16-17H2,1H3. The molecular formula is C24H34F3N3O3. The molecule has 0 aliphatic carbocycles. The van der Waals surface area contributed by atoms with Crippen molar-refractivity contribution < 1.29 is 27.4 Å². The number of ether oxygens (including phenoxy) is 3. The summed E-state index contributed by atoms with van der Waals surface area (Å²) < 4.78 is 55.0. The zero-order valence-electron chi connectivity index (χ0n) is 19.3. The molecule has 6 nitrogen and oxygen atoms in total. The van der Waals surface area contributed by atoms with Gasteiger partial charge in [0, 0.05) is 31.0 Å². The third kappa shape index (κ3) is 6.68. The highest BCUT2D eigenvalue weighted by Gasteiger charge is 2.34. The number of likely N-dealkylation sites (tertiary alicyclic amines) is 1. The lowest BCUT2D eigenvalue weighted by Crippen LogP contribution is -2.40. The summed E-state index contributed by atoms with van der Waals surface area (Å²) in [6.45, 7) is 3.28. The van der Waals surface area contributed by atoms with Gasteiger partial charge < -0.3 is 19.1 Å². The molecule has 9 heteroatoms. The first-order valence-corrected chi connectivity index (χ1v) is 11.9. The Bertz CT molecular complexity index is 802. The van der Waals surface area contributed by atoms with Crippen molar-refractivity contribution in [3.05, 3.63) is 29.8 Å². The molecule has 3 aliphatic heterocycles. The Kier molecular flexibility index (Phi) is 7.88. The van der Waals surface area contributed by atoms with Crippen LogP contribution in [0.2, 0.25) is 0 Å². The second kappa shape index (κ2) is 10.8. The average Bonchev–Trinajstić information content (AvgIpc) is 2.83. The maximum Gasteiger partial charge on any atom is 0.401 e. The first-order valence-electron chi connectivity index (χ1n) is 11.9. The van der Waals surface area contributed by atoms with Gasteiger partial charge in [0.15, 0.2) is 0 Å². The van der Waals surface area contributed by atoms with Gasteiger partial charge in [0.25, 0.3) is 5.95 Å². The van der Waals surface area contributed by atoms with Crippen molar-refractivity contribution in [2.45, 2.75) is 50.6 Å². The summed E-state index contributed by atoms with van der Waals surface area (Å²) in [7, 11) is 1.60. The lowest BCUT2D eigenvalue weighted by molar-refractivity contribution is -0.147. The number of nitrogens with zero attached hydrogens (tertiary/aromatic N) is 3. The van der Waals surface area contributed by atoms with Crippen molar-refractivity contribution >= 4 is 5.69 Å². The molecular weight excluding hydrogens is 435 g/mol. The lowest BCUT2D eigenvalue weighted by Gasteiger charge is -2.37. The van der Waals surface area contributed by atoms with E-state index in [9.17, 15) is 13.2 Å². The number of pyridine rings is 1. The Morgan fingerprint density at radius 3 is 2.52 bits per heavy atom. The quantitative estimate of drug-likeness (QED) is 0.576. The number of piperidine rings is 2. The third-order valence-corrected chi connectivity index (χ3v) is 6.85. The van der Waals surface area contributed by atoms with Gasteiger partial charge in [0.2, 0.25) is 5.88 Å². The van der Waals surface area contributed by atoms with Gasteiger partial charge in [0.05, 0.1) is 26.9 Å². The summed E-state index contributed by atoms with van der Waals surface area (Å²) >= 11 is 0. The predicted octanol–water partition coefficient (Wildman–Crippen LogP) is 4.72. The number of hydrogen-bond donors (Lipinski definition) is 0. The van der Waals surface area contributed by atoms with Crippen molar-refractivity contribution in [2.24, 2.45) is 5.92 Å². The molecule has 4 rings (SSSR count). The molecule has 0 unspecified atom stereocenters. The van der Waals surface area contributed by atoms with Crippen LogP contribution in [0, 0.1) is 5.92 Å². The first-order chi connectivity index (χ1) is 15.9. The van der Waals surface area contributed by atoms with Crippen LogP contribution in [0.1, 0.15) is 50.0 Å². The topological polar surface area (TPSA) is 47.1 Å². The van der Waals surface area contributed by atoms with E-state index in [0.29, 0.717) is 50.3 Å². The number of alkyl halides is 3. The van der Waals surface area contributed by atoms with Crippen LogP contribution < -0.4 is 9.64 Å². The number of halogens is 3. The minimum Gasteiger partial charge on any atom is -0.481 e. The second-order valence-electron chi connectivity index (χ2n) is 9.21. The zero-order chi connectivity index (χ0) is 23.3. The average molecular weight is 470 g/mol. The molecule has 33 heavy (non-hydrogen) atoms. The summed E-state index contributed by atoms with van der Waals surface area (Å²) in [4.78, 5) is 8.29. The SMILES string of the molecule is COc1cc(N2CCC(COC3=CCCCO3)CC2)c(C2CCN(CC(F)(F)F)CC2)cn1. The Hall–Kier alpha value is -2.16. The fourth-order valence-electron chi connectivity index (χ4n) is 4.97. The van der Waals surface area contributed by atoms with Crippen LogP contribution in [0.25, 0.3) is 0 Å². The summed E-state index contributed by atoms with van der Waals surface area (Å²) in [5.41, 5.74) is 2.23. The van der Waals surface area contributed by atoms with Crippen molar-refractivity contribution in [3.8, 4) is 5.88 Å². The van der Waals surface area contributed by atoms with Crippen molar-refractivity contribution in [1.82, 2.24) is 9.88 Å². The van der Waals surface area contributed by atoms with E-state index in [2.05, 4.69) is 9.88 Å². The zero-order valence-corrected chi connectivity index (χ0v) is 19.3. The molecule has 184 valence electrons. The van der Waals surface area contributed by atoms with Crippen molar-refractivity contribution in [2.75, 3.05) is 57.9 Å². The third-order valence-electron chi connectivity index (χ3n) is 6.85.